The van der Waals surface area contributed by atoms with Crippen molar-refractivity contribution in [1.29, 1.82) is 5.26 Å². The van der Waals surface area contributed by atoms with Crippen molar-refractivity contribution in [3.05, 3.63) is 35.4 Å². The molecule has 0 N–H and O–H groups in total. The molecule has 4 nitrogen and oxygen atoms in total. The highest BCUT2D eigenvalue weighted by atomic mass is 32.2. The number of carbonyl (C=O) groups excluding carboxylic acids is 1. The molecule has 0 aliphatic rings. The van der Waals surface area contributed by atoms with E-state index in [0.717, 1.165) is 0 Å². The standard InChI is InChI=1S/C12H13NO3S/c1-9(14)10(2)17(15,16)8-12-5-3-4-11(6-12)7-13/h3-6,10H,8H2,1-2H3. The van der Waals surface area contributed by atoms with Crippen molar-refractivity contribution in [2.75, 3.05) is 0 Å². The molecule has 1 atom stereocenters. The minimum Gasteiger partial charge on any atom is -0.299 e. The van der Waals surface area contributed by atoms with Gasteiger partial charge in [-0.25, -0.2) is 8.42 Å². The Labute approximate surface area is 101 Å². The average Bonchev–Trinajstić information content (AvgIpc) is 2.27. The van der Waals surface area contributed by atoms with Crippen molar-refractivity contribution in [3.8, 4) is 6.07 Å². The van der Waals surface area contributed by atoms with Gasteiger partial charge in [-0.15, -0.1) is 0 Å². The molecule has 0 aromatic heterocycles. The van der Waals surface area contributed by atoms with Crippen LogP contribution in [0, 0.1) is 11.3 Å². The third-order valence-electron chi connectivity index (χ3n) is 2.54. The van der Waals surface area contributed by atoms with Crippen LogP contribution in [0.4, 0.5) is 0 Å². The van der Waals surface area contributed by atoms with E-state index in [1.807, 2.05) is 6.07 Å². The monoisotopic (exact) mass is 251 g/mol. The maximum atomic E-state index is 11.8. The van der Waals surface area contributed by atoms with Gasteiger partial charge in [-0.05, 0) is 31.5 Å². The molecule has 0 aliphatic carbocycles. The first-order chi connectivity index (χ1) is 7.86. The molecule has 5 heteroatoms. The highest BCUT2D eigenvalue weighted by molar-refractivity contribution is 7.92. The minimum absolute atomic E-state index is 0.219. The van der Waals surface area contributed by atoms with E-state index < -0.39 is 15.1 Å². The van der Waals surface area contributed by atoms with Gasteiger partial charge in [0.15, 0.2) is 9.84 Å². The van der Waals surface area contributed by atoms with Crippen molar-refractivity contribution in [3.63, 3.8) is 0 Å². The van der Waals surface area contributed by atoms with Crippen molar-refractivity contribution < 1.29 is 13.2 Å². The Kier molecular flexibility index (Phi) is 4.02. The second kappa shape index (κ2) is 5.11. The summed E-state index contributed by atoms with van der Waals surface area (Å²) in [4.78, 5) is 11.1. The van der Waals surface area contributed by atoms with E-state index in [-0.39, 0.29) is 11.5 Å². The van der Waals surface area contributed by atoms with Gasteiger partial charge >= 0.3 is 0 Å². The molecule has 17 heavy (non-hydrogen) atoms. The molecule has 0 spiro atoms. The lowest BCUT2D eigenvalue weighted by Gasteiger charge is -2.09. The number of nitriles is 1. The number of hydrogen-bond acceptors (Lipinski definition) is 4. The van der Waals surface area contributed by atoms with Crippen molar-refractivity contribution in [1.82, 2.24) is 0 Å². The highest BCUT2D eigenvalue weighted by Crippen LogP contribution is 2.13. The largest absolute Gasteiger partial charge is 0.299 e. The zero-order valence-corrected chi connectivity index (χ0v) is 10.5. The zero-order valence-electron chi connectivity index (χ0n) is 9.67. The molecular formula is C12H13NO3S. The van der Waals surface area contributed by atoms with Crippen LogP contribution in [0.5, 0.6) is 0 Å². The number of ketones is 1. The molecule has 0 aliphatic heterocycles. The normalized spacial score (nSPS) is 12.8. The molecule has 0 amide bonds. The summed E-state index contributed by atoms with van der Waals surface area (Å²) >= 11 is 0. The fourth-order valence-electron chi connectivity index (χ4n) is 1.34. The summed E-state index contributed by atoms with van der Waals surface area (Å²) in [5, 5.41) is 7.70. The Morgan fingerprint density at radius 2 is 2.12 bits per heavy atom. The number of Topliss-reactive ketones (excluding diaryl/α,β-unsaturated/α-hetero) is 1. The van der Waals surface area contributed by atoms with Gasteiger partial charge in [-0.2, -0.15) is 5.26 Å². The molecule has 1 aromatic rings. The first kappa shape index (κ1) is 13.4. The predicted octanol–water partition coefficient (Wildman–Crippen LogP) is 1.45. The molecule has 0 heterocycles. The van der Waals surface area contributed by atoms with Gasteiger partial charge in [0, 0.05) is 0 Å². The SMILES string of the molecule is CC(=O)C(C)S(=O)(=O)Cc1cccc(C#N)c1. The van der Waals surface area contributed by atoms with Crippen LogP contribution in [0.3, 0.4) is 0 Å². The number of sulfone groups is 1. The van der Waals surface area contributed by atoms with E-state index in [9.17, 15) is 13.2 Å². The van der Waals surface area contributed by atoms with Crippen LogP contribution in [0.2, 0.25) is 0 Å². The van der Waals surface area contributed by atoms with E-state index >= 15 is 0 Å². The molecule has 0 saturated carbocycles. The fourth-order valence-corrected chi connectivity index (χ4v) is 2.74. The van der Waals surface area contributed by atoms with Gasteiger partial charge in [0.1, 0.15) is 11.0 Å². The van der Waals surface area contributed by atoms with Crippen molar-refractivity contribution in [2.24, 2.45) is 0 Å². The quantitative estimate of drug-likeness (QED) is 0.811. The second-order valence-corrected chi connectivity index (χ2v) is 6.19. The maximum absolute atomic E-state index is 11.8. The Morgan fingerprint density at radius 1 is 1.47 bits per heavy atom. The number of hydrogen-bond donors (Lipinski definition) is 0. The van der Waals surface area contributed by atoms with Gasteiger partial charge in [-0.3, -0.25) is 4.79 Å². The van der Waals surface area contributed by atoms with E-state index in [1.54, 1.807) is 18.2 Å². The molecule has 90 valence electrons. The Hall–Kier alpha value is -1.67. The van der Waals surface area contributed by atoms with Crippen molar-refractivity contribution >= 4 is 15.6 Å². The van der Waals surface area contributed by atoms with E-state index in [4.69, 9.17) is 5.26 Å². The predicted molar refractivity (Wildman–Crippen MR) is 63.9 cm³/mol. The number of carbonyl (C=O) groups is 1. The van der Waals surface area contributed by atoms with Gasteiger partial charge in [0.05, 0.1) is 17.4 Å². The van der Waals surface area contributed by atoms with Gasteiger partial charge in [0.2, 0.25) is 0 Å². The van der Waals surface area contributed by atoms with Crippen LogP contribution in [-0.2, 0) is 20.4 Å². The lowest BCUT2D eigenvalue weighted by Crippen LogP contribution is -2.26. The highest BCUT2D eigenvalue weighted by Gasteiger charge is 2.25. The molecule has 0 bridgehead atoms. The molecule has 0 fully saturated rings. The van der Waals surface area contributed by atoms with E-state index in [2.05, 4.69) is 0 Å². The number of nitrogens with zero attached hydrogens (tertiary/aromatic N) is 1. The molecule has 1 aromatic carbocycles. The van der Waals surface area contributed by atoms with E-state index in [0.29, 0.717) is 11.1 Å². The number of benzene rings is 1. The second-order valence-electron chi connectivity index (χ2n) is 3.87. The molecule has 0 saturated heterocycles. The Morgan fingerprint density at radius 3 is 2.65 bits per heavy atom. The van der Waals surface area contributed by atoms with Gasteiger partial charge < -0.3 is 0 Å². The Balaban J connectivity index is 2.99. The molecule has 1 unspecified atom stereocenters. The van der Waals surface area contributed by atoms with Crippen LogP contribution in [-0.4, -0.2) is 19.5 Å². The first-order valence-electron chi connectivity index (χ1n) is 5.08. The zero-order chi connectivity index (χ0) is 13.1. The lowest BCUT2D eigenvalue weighted by atomic mass is 10.2. The molecule has 0 radical (unpaired) electrons. The third kappa shape index (κ3) is 3.40. The summed E-state index contributed by atoms with van der Waals surface area (Å²) < 4.78 is 23.7. The van der Waals surface area contributed by atoms with Crippen LogP contribution >= 0.6 is 0 Å². The smallest absolute Gasteiger partial charge is 0.164 e. The Bertz CT molecular complexity index is 570. The van der Waals surface area contributed by atoms with Crippen LogP contribution in [0.1, 0.15) is 25.0 Å². The molecular weight excluding hydrogens is 238 g/mol. The average molecular weight is 251 g/mol. The van der Waals surface area contributed by atoms with E-state index in [1.165, 1.54) is 19.9 Å². The van der Waals surface area contributed by atoms with Crippen molar-refractivity contribution in [2.45, 2.75) is 24.9 Å². The lowest BCUT2D eigenvalue weighted by molar-refractivity contribution is -0.116. The first-order valence-corrected chi connectivity index (χ1v) is 6.79. The molecule has 1 rings (SSSR count). The number of rotatable bonds is 4. The summed E-state index contributed by atoms with van der Waals surface area (Å²) in [7, 11) is -3.50. The summed E-state index contributed by atoms with van der Waals surface area (Å²) in [6.45, 7) is 2.64. The summed E-state index contributed by atoms with van der Waals surface area (Å²) in [5.74, 6) is -0.593. The topological polar surface area (TPSA) is 75.0 Å². The van der Waals surface area contributed by atoms with Crippen LogP contribution in [0.25, 0.3) is 0 Å². The minimum atomic E-state index is -3.50. The van der Waals surface area contributed by atoms with Crippen LogP contribution < -0.4 is 0 Å². The third-order valence-corrected chi connectivity index (χ3v) is 4.68. The summed E-state index contributed by atoms with van der Waals surface area (Å²) in [6, 6.07) is 8.32. The summed E-state index contributed by atoms with van der Waals surface area (Å²) in [5.41, 5.74) is 0.935. The fraction of sp³-hybridized carbons (Fsp3) is 0.333. The summed E-state index contributed by atoms with van der Waals surface area (Å²) in [6.07, 6.45) is 0. The maximum Gasteiger partial charge on any atom is 0.164 e. The van der Waals surface area contributed by atoms with Gasteiger partial charge in [-0.1, -0.05) is 12.1 Å². The van der Waals surface area contributed by atoms with Crippen LogP contribution in [0.15, 0.2) is 24.3 Å². The van der Waals surface area contributed by atoms with Gasteiger partial charge in [0.25, 0.3) is 0 Å².